The number of carbonyl (C=O) groups excluding carboxylic acids is 2. The molecule has 1 aliphatic rings. The minimum absolute atomic E-state index is 0.113. The van der Waals surface area contributed by atoms with Crippen molar-refractivity contribution in [2.75, 3.05) is 0 Å². The van der Waals surface area contributed by atoms with Crippen molar-refractivity contribution >= 4 is 17.1 Å². The lowest BCUT2D eigenvalue weighted by Crippen LogP contribution is -2.16. The summed E-state index contributed by atoms with van der Waals surface area (Å²) in [7, 11) is 0. The van der Waals surface area contributed by atoms with Crippen LogP contribution in [0.25, 0.3) is 5.57 Å². The molecule has 0 aliphatic heterocycles. The molecule has 0 saturated carbocycles. The second kappa shape index (κ2) is 7.77. The van der Waals surface area contributed by atoms with E-state index in [1.54, 1.807) is 25.4 Å². The zero-order valence-electron chi connectivity index (χ0n) is 15.7. The highest BCUT2D eigenvalue weighted by Crippen LogP contribution is 2.36. The number of aromatic nitrogens is 1. The fourth-order valence-electron chi connectivity index (χ4n) is 3.67. The zero-order valence-corrected chi connectivity index (χ0v) is 15.7. The molecule has 0 spiro atoms. The van der Waals surface area contributed by atoms with Crippen molar-refractivity contribution in [1.29, 1.82) is 0 Å². The van der Waals surface area contributed by atoms with Crippen LogP contribution >= 0.6 is 0 Å². The molecule has 3 heteroatoms. The Morgan fingerprint density at radius 2 is 1.85 bits per heavy atom. The van der Waals surface area contributed by atoms with Gasteiger partial charge in [-0.3, -0.25) is 14.6 Å². The molecule has 0 bridgehead atoms. The number of carbonyl (C=O) groups is 2. The van der Waals surface area contributed by atoms with Gasteiger partial charge in [-0.05, 0) is 68.4 Å². The SMILES string of the molecule is CC(=O)[C@@H]1CCC(C)=C(c2ccc(CC(=O)c3ccncc3C)cc2)C1. The molecule has 1 aromatic heterocycles. The van der Waals surface area contributed by atoms with Gasteiger partial charge in [0.2, 0.25) is 0 Å². The van der Waals surface area contributed by atoms with Crippen molar-refractivity contribution in [3.05, 3.63) is 70.6 Å². The minimum Gasteiger partial charge on any atom is -0.300 e. The number of hydrogen-bond acceptors (Lipinski definition) is 3. The van der Waals surface area contributed by atoms with Crippen LogP contribution in [0.5, 0.6) is 0 Å². The Morgan fingerprint density at radius 3 is 2.50 bits per heavy atom. The normalized spacial score (nSPS) is 17.3. The predicted molar refractivity (Wildman–Crippen MR) is 104 cm³/mol. The van der Waals surface area contributed by atoms with E-state index >= 15 is 0 Å². The molecule has 0 unspecified atom stereocenters. The maximum atomic E-state index is 12.5. The van der Waals surface area contributed by atoms with E-state index in [0.717, 1.165) is 36.0 Å². The number of rotatable bonds is 5. The molecule has 0 amide bonds. The number of allylic oxidation sites excluding steroid dienone is 2. The predicted octanol–water partition coefficient (Wildman–Crippen LogP) is 4.98. The second-order valence-electron chi connectivity index (χ2n) is 7.30. The van der Waals surface area contributed by atoms with Crippen molar-refractivity contribution < 1.29 is 9.59 Å². The molecule has 0 N–H and O–H groups in total. The lowest BCUT2D eigenvalue weighted by molar-refractivity contribution is -0.120. The smallest absolute Gasteiger partial charge is 0.167 e. The molecular formula is C23H25NO2. The summed E-state index contributed by atoms with van der Waals surface area (Å²) in [5, 5.41) is 0. The lowest BCUT2D eigenvalue weighted by atomic mass is 9.80. The summed E-state index contributed by atoms with van der Waals surface area (Å²) in [5.74, 6) is 0.539. The van der Waals surface area contributed by atoms with Crippen molar-refractivity contribution in [2.24, 2.45) is 5.92 Å². The Kier molecular flexibility index (Phi) is 5.46. The monoisotopic (exact) mass is 347 g/mol. The van der Waals surface area contributed by atoms with Gasteiger partial charge in [-0.25, -0.2) is 0 Å². The van der Waals surface area contributed by atoms with E-state index < -0.39 is 0 Å². The van der Waals surface area contributed by atoms with Gasteiger partial charge in [0, 0.05) is 30.3 Å². The van der Waals surface area contributed by atoms with E-state index in [4.69, 9.17) is 0 Å². The number of ketones is 2. The first-order chi connectivity index (χ1) is 12.5. The molecule has 0 radical (unpaired) electrons. The molecule has 2 aromatic rings. The summed E-state index contributed by atoms with van der Waals surface area (Å²) >= 11 is 0. The summed E-state index contributed by atoms with van der Waals surface area (Å²) in [5.41, 5.74) is 6.49. The van der Waals surface area contributed by atoms with Crippen LogP contribution in [-0.4, -0.2) is 16.6 Å². The van der Waals surface area contributed by atoms with E-state index in [9.17, 15) is 9.59 Å². The Hall–Kier alpha value is -2.55. The second-order valence-corrected chi connectivity index (χ2v) is 7.30. The Labute approximate surface area is 155 Å². The van der Waals surface area contributed by atoms with Crippen LogP contribution in [0.3, 0.4) is 0 Å². The minimum atomic E-state index is 0.113. The molecule has 0 fully saturated rings. The van der Waals surface area contributed by atoms with Gasteiger partial charge in [0.1, 0.15) is 5.78 Å². The van der Waals surface area contributed by atoms with E-state index in [0.29, 0.717) is 6.42 Å². The highest BCUT2D eigenvalue weighted by atomic mass is 16.1. The van der Waals surface area contributed by atoms with Crippen LogP contribution in [0.15, 0.2) is 48.3 Å². The lowest BCUT2D eigenvalue weighted by Gasteiger charge is -2.24. The van der Waals surface area contributed by atoms with Crippen LogP contribution in [0.1, 0.15) is 60.2 Å². The number of hydrogen-bond donors (Lipinski definition) is 0. The van der Waals surface area contributed by atoms with Crippen LogP contribution in [-0.2, 0) is 11.2 Å². The third-order valence-corrected chi connectivity index (χ3v) is 5.40. The molecule has 0 saturated heterocycles. The van der Waals surface area contributed by atoms with E-state index in [1.807, 2.05) is 19.1 Å². The van der Waals surface area contributed by atoms with Gasteiger partial charge >= 0.3 is 0 Å². The fourth-order valence-corrected chi connectivity index (χ4v) is 3.67. The topological polar surface area (TPSA) is 47.0 Å². The zero-order chi connectivity index (χ0) is 18.7. The number of Topliss-reactive ketones (excluding diaryl/α,β-unsaturated/α-hetero) is 2. The molecule has 3 rings (SSSR count). The Morgan fingerprint density at radius 1 is 1.12 bits per heavy atom. The quantitative estimate of drug-likeness (QED) is 0.717. The van der Waals surface area contributed by atoms with Crippen molar-refractivity contribution in [2.45, 2.75) is 46.5 Å². The van der Waals surface area contributed by atoms with Gasteiger partial charge in [0.25, 0.3) is 0 Å². The maximum absolute atomic E-state index is 12.5. The molecule has 134 valence electrons. The first-order valence-electron chi connectivity index (χ1n) is 9.18. The van der Waals surface area contributed by atoms with E-state index in [-0.39, 0.29) is 17.5 Å². The summed E-state index contributed by atoms with van der Waals surface area (Å²) in [6, 6.07) is 10.0. The first kappa shape index (κ1) is 18.2. The van der Waals surface area contributed by atoms with Crippen LogP contribution in [0.2, 0.25) is 0 Å². The molecule has 1 heterocycles. The summed E-state index contributed by atoms with van der Waals surface area (Å²) in [6.07, 6.45) is 6.55. The number of benzene rings is 1. The summed E-state index contributed by atoms with van der Waals surface area (Å²) in [4.78, 5) is 28.3. The fraction of sp³-hybridized carbons (Fsp3) is 0.348. The average Bonchev–Trinajstić information content (AvgIpc) is 2.63. The van der Waals surface area contributed by atoms with Crippen molar-refractivity contribution in [1.82, 2.24) is 4.98 Å². The van der Waals surface area contributed by atoms with Gasteiger partial charge in [0.05, 0.1) is 0 Å². The standard InChI is InChI=1S/C23H25NO2/c1-15-4-7-20(17(3)25)13-22(15)19-8-5-18(6-9-19)12-23(26)21-10-11-24-14-16(21)2/h5-6,8-11,14,20H,4,7,12-13H2,1-3H3/t20-/m1/s1. The van der Waals surface area contributed by atoms with Gasteiger partial charge in [-0.1, -0.05) is 29.8 Å². The molecule has 1 aliphatic carbocycles. The van der Waals surface area contributed by atoms with Gasteiger partial charge < -0.3 is 0 Å². The maximum Gasteiger partial charge on any atom is 0.167 e. The van der Waals surface area contributed by atoms with Crippen LogP contribution in [0.4, 0.5) is 0 Å². The van der Waals surface area contributed by atoms with Gasteiger partial charge in [0.15, 0.2) is 5.78 Å². The highest BCUT2D eigenvalue weighted by molar-refractivity contribution is 5.98. The molecule has 3 nitrogen and oxygen atoms in total. The number of pyridine rings is 1. The average molecular weight is 347 g/mol. The van der Waals surface area contributed by atoms with Crippen molar-refractivity contribution in [3.8, 4) is 0 Å². The van der Waals surface area contributed by atoms with E-state index in [1.165, 1.54) is 16.7 Å². The van der Waals surface area contributed by atoms with Crippen LogP contribution in [0, 0.1) is 12.8 Å². The summed E-state index contributed by atoms with van der Waals surface area (Å²) < 4.78 is 0. The summed E-state index contributed by atoms with van der Waals surface area (Å²) in [6.45, 7) is 5.77. The largest absolute Gasteiger partial charge is 0.300 e. The first-order valence-corrected chi connectivity index (χ1v) is 9.18. The molecule has 1 aromatic carbocycles. The molecule has 1 atom stereocenters. The molecular weight excluding hydrogens is 322 g/mol. The third-order valence-electron chi connectivity index (χ3n) is 5.40. The Balaban J connectivity index is 1.75. The Bertz CT molecular complexity index is 862. The number of nitrogens with zero attached hydrogens (tertiary/aromatic N) is 1. The van der Waals surface area contributed by atoms with Gasteiger partial charge in [-0.2, -0.15) is 0 Å². The third kappa shape index (κ3) is 3.98. The van der Waals surface area contributed by atoms with E-state index in [2.05, 4.69) is 24.0 Å². The van der Waals surface area contributed by atoms with Gasteiger partial charge in [-0.15, -0.1) is 0 Å². The number of aryl methyl sites for hydroxylation is 1. The van der Waals surface area contributed by atoms with Crippen LogP contribution < -0.4 is 0 Å². The van der Waals surface area contributed by atoms with Crippen molar-refractivity contribution in [3.63, 3.8) is 0 Å². The highest BCUT2D eigenvalue weighted by Gasteiger charge is 2.23. The molecule has 26 heavy (non-hydrogen) atoms.